The predicted octanol–water partition coefficient (Wildman–Crippen LogP) is 1.02. The highest BCUT2D eigenvalue weighted by atomic mass is 32.2. The highest BCUT2D eigenvalue weighted by Crippen LogP contribution is 2.54. The van der Waals surface area contributed by atoms with E-state index in [1.54, 1.807) is 17.0 Å². The van der Waals surface area contributed by atoms with Gasteiger partial charge in [-0.1, -0.05) is 18.2 Å². The second-order valence-electron chi connectivity index (χ2n) is 6.39. The van der Waals surface area contributed by atoms with Gasteiger partial charge in [0.1, 0.15) is 17.3 Å². The molecule has 1 saturated heterocycles. The molecule has 1 aromatic heterocycles. The minimum Gasteiger partial charge on any atom is -0.337 e. The predicted molar refractivity (Wildman–Crippen MR) is 88.9 cm³/mol. The molecule has 1 amide bonds. The molecule has 24 heavy (non-hydrogen) atoms. The molecule has 2 aliphatic heterocycles. The molecule has 2 aliphatic rings. The van der Waals surface area contributed by atoms with Crippen molar-refractivity contribution < 1.29 is 13.2 Å². The maximum Gasteiger partial charge on any atom is 0.237 e. The Labute approximate surface area is 140 Å². The number of nitrogens with one attached hydrogen (secondary N) is 1. The summed E-state index contributed by atoms with van der Waals surface area (Å²) in [7, 11) is -1.67. The van der Waals surface area contributed by atoms with Crippen molar-refractivity contribution in [3.05, 3.63) is 48.0 Å². The monoisotopic (exact) mass is 346 g/mol. The number of sulfonamides is 1. The van der Waals surface area contributed by atoms with E-state index >= 15 is 0 Å². The van der Waals surface area contributed by atoms with E-state index in [0.29, 0.717) is 12.2 Å². The number of fused-ring (bicyclic) bond motifs is 2. The minimum atomic E-state index is -3.48. The lowest BCUT2D eigenvalue weighted by Crippen LogP contribution is -2.43. The average Bonchev–Trinajstić information content (AvgIpc) is 3.17. The Morgan fingerprint density at radius 2 is 2.08 bits per heavy atom. The zero-order valence-corrected chi connectivity index (χ0v) is 14.2. The number of rotatable bonds is 2. The van der Waals surface area contributed by atoms with Crippen molar-refractivity contribution in [1.82, 2.24) is 13.9 Å². The van der Waals surface area contributed by atoms with Crippen molar-refractivity contribution in [1.29, 1.82) is 0 Å². The summed E-state index contributed by atoms with van der Waals surface area (Å²) in [4.78, 5) is 17.3. The number of amides is 1. The zero-order valence-electron chi connectivity index (χ0n) is 13.4. The average molecular weight is 346 g/mol. The molecule has 1 N–H and O–H groups in total. The van der Waals surface area contributed by atoms with E-state index < -0.39 is 21.5 Å². The summed E-state index contributed by atoms with van der Waals surface area (Å²) in [5.41, 5.74) is 0.643. The molecule has 1 fully saturated rings. The van der Waals surface area contributed by atoms with Crippen LogP contribution in [-0.2, 0) is 27.3 Å². The third-order valence-corrected chi connectivity index (χ3v) is 6.32. The van der Waals surface area contributed by atoms with Crippen LogP contribution in [-0.4, -0.2) is 41.0 Å². The van der Waals surface area contributed by atoms with E-state index in [1.165, 1.54) is 10.6 Å². The Bertz CT molecular complexity index is 936. The molecule has 126 valence electrons. The van der Waals surface area contributed by atoms with Crippen LogP contribution in [0.1, 0.15) is 23.9 Å². The van der Waals surface area contributed by atoms with Crippen LogP contribution in [0.4, 0.5) is 5.69 Å². The fourth-order valence-electron chi connectivity index (χ4n) is 4.00. The number of benzene rings is 1. The molecule has 0 bridgehead atoms. The zero-order chi connectivity index (χ0) is 17.1. The molecule has 0 saturated carbocycles. The highest BCUT2D eigenvalue weighted by molar-refractivity contribution is 7.88. The summed E-state index contributed by atoms with van der Waals surface area (Å²) in [6, 6.07) is 6.82. The van der Waals surface area contributed by atoms with Gasteiger partial charge in [-0.3, -0.25) is 4.79 Å². The number of hydrogen-bond acceptors (Lipinski definition) is 4. The topological polar surface area (TPSA) is 84.3 Å². The number of carbonyl (C=O) groups is 1. The van der Waals surface area contributed by atoms with E-state index in [9.17, 15) is 13.2 Å². The van der Waals surface area contributed by atoms with Crippen LogP contribution in [0.25, 0.3) is 0 Å². The van der Waals surface area contributed by atoms with Gasteiger partial charge in [-0.2, -0.15) is 4.31 Å². The normalized spacial score (nSPS) is 26.8. The molecule has 1 aromatic carbocycles. The molecule has 0 aliphatic carbocycles. The van der Waals surface area contributed by atoms with Gasteiger partial charge in [-0.25, -0.2) is 13.4 Å². The summed E-state index contributed by atoms with van der Waals surface area (Å²) in [6.45, 7) is 0.290. The number of nitrogens with zero attached hydrogens (tertiary/aromatic N) is 3. The summed E-state index contributed by atoms with van der Waals surface area (Å²) in [5, 5.41) is 2.92. The molecule has 2 aromatic rings. The molecule has 0 radical (unpaired) electrons. The van der Waals surface area contributed by atoms with E-state index in [4.69, 9.17) is 0 Å². The number of aryl methyl sites for hydroxylation is 1. The van der Waals surface area contributed by atoms with Gasteiger partial charge in [0.25, 0.3) is 0 Å². The van der Waals surface area contributed by atoms with E-state index in [2.05, 4.69) is 10.3 Å². The Morgan fingerprint density at radius 1 is 1.33 bits per heavy atom. The van der Waals surface area contributed by atoms with Crippen LogP contribution in [0.3, 0.4) is 0 Å². The van der Waals surface area contributed by atoms with Gasteiger partial charge < -0.3 is 9.88 Å². The molecule has 2 atom stereocenters. The number of anilines is 1. The van der Waals surface area contributed by atoms with Gasteiger partial charge in [0, 0.05) is 31.7 Å². The van der Waals surface area contributed by atoms with Crippen LogP contribution in [0.5, 0.6) is 0 Å². The fraction of sp³-hybridized carbons (Fsp3) is 0.375. The molecule has 1 spiro atoms. The van der Waals surface area contributed by atoms with Crippen molar-refractivity contribution >= 4 is 21.6 Å². The first kappa shape index (κ1) is 15.3. The fourth-order valence-corrected chi connectivity index (χ4v) is 5.08. The summed E-state index contributed by atoms with van der Waals surface area (Å²) >= 11 is 0. The Balaban J connectivity index is 1.99. The number of hydrogen-bond donors (Lipinski definition) is 1. The molecule has 3 heterocycles. The van der Waals surface area contributed by atoms with Gasteiger partial charge in [0.2, 0.25) is 15.9 Å². The molecular weight excluding hydrogens is 328 g/mol. The van der Waals surface area contributed by atoms with Crippen LogP contribution >= 0.6 is 0 Å². The SMILES string of the molecule is Cn1ccnc1C1N(S(C)(=O)=O)CCC12C(=O)Nc1ccccc12. The molecule has 7 nitrogen and oxygen atoms in total. The first-order valence-corrected chi connectivity index (χ1v) is 9.55. The van der Waals surface area contributed by atoms with Crippen molar-refractivity contribution in [3.8, 4) is 0 Å². The van der Waals surface area contributed by atoms with Crippen molar-refractivity contribution in [2.24, 2.45) is 7.05 Å². The Morgan fingerprint density at radius 3 is 2.75 bits per heavy atom. The maximum atomic E-state index is 13.0. The standard InChI is InChI=1S/C16H18N4O3S/c1-19-10-8-17-14(19)13-16(7-9-20(13)24(2,22)23)11-5-3-4-6-12(11)18-15(16)21/h3-6,8,10,13H,7,9H2,1-2H3,(H,18,21). The molecule has 4 rings (SSSR count). The van der Waals surface area contributed by atoms with Crippen LogP contribution in [0, 0.1) is 0 Å². The van der Waals surface area contributed by atoms with E-state index in [0.717, 1.165) is 11.3 Å². The highest BCUT2D eigenvalue weighted by Gasteiger charge is 2.61. The lowest BCUT2D eigenvalue weighted by Gasteiger charge is -2.32. The lowest BCUT2D eigenvalue weighted by molar-refractivity contribution is -0.121. The maximum absolute atomic E-state index is 13.0. The Kier molecular flexibility index (Phi) is 3.14. The first-order chi connectivity index (χ1) is 11.4. The van der Waals surface area contributed by atoms with Gasteiger partial charge in [0.15, 0.2) is 0 Å². The lowest BCUT2D eigenvalue weighted by atomic mass is 9.75. The van der Waals surface area contributed by atoms with E-state index in [-0.39, 0.29) is 12.5 Å². The van der Waals surface area contributed by atoms with Crippen LogP contribution in [0.15, 0.2) is 36.7 Å². The van der Waals surface area contributed by atoms with Gasteiger partial charge in [-0.05, 0) is 18.1 Å². The van der Waals surface area contributed by atoms with Crippen molar-refractivity contribution in [2.75, 3.05) is 18.1 Å². The van der Waals surface area contributed by atoms with Crippen LogP contribution < -0.4 is 5.32 Å². The molecular formula is C16H18N4O3S. The van der Waals surface area contributed by atoms with Crippen molar-refractivity contribution in [2.45, 2.75) is 17.9 Å². The minimum absolute atomic E-state index is 0.164. The number of aromatic nitrogens is 2. The second-order valence-corrected chi connectivity index (χ2v) is 8.33. The van der Waals surface area contributed by atoms with Crippen molar-refractivity contribution in [3.63, 3.8) is 0 Å². The van der Waals surface area contributed by atoms with Crippen LogP contribution in [0.2, 0.25) is 0 Å². The number of imidazole rings is 1. The summed E-state index contributed by atoms with van der Waals surface area (Å²) in [5.74, 6) is 0.410. The second kappa shape index (κ2) is 4.90. The summed E-state index contributed by atoms with van der Waals surface area (Å²) in [6.07, 6.45) is 5.00. The van der Waals surface area contributed by atoms with Gasteiger partial charge in [-0.15, -0.1) is 0 Å². The smallest absolute Gasteiger partial charge is 0.237 e. The number of para-hydroxylation sites is 1. The third kappa shape index (κ3) is 1.90. The Hall–Kier alpha value is -2.19. The molecule has 8 heteroatoms. The largest absolute Gasteiger partial charge is 0.337 e. The number of carbonyl (C=O) groups excluding carboxylic acids is 1. The quantitative estimate of drug-likeness (QED) is 0.880. The van der Waals surface area contributed by atoms with Gasteiger partial charge >= 0.3 is 0 Å². The van der Waals surface area contributed by atoms with Gasteiger partial charge in [0.05, 0.1) is 6.26 Å². The van der Waals surface area contributed by atoms with E-state index in [1.807, 2.05) is 31.3 Å². The molecule has 2 unspecified atom stereocenters. The third-order valence-electron chi connectivity index (χ3n) is 5.07. The summed E-state index contributed by atoms with van der Waals surface area (Å²) < 4.78 is 27.9. The first-order valence-electron chi connectivity index (χ1n) is 7.71.